The van der Waals surface area contributed by atoms with E-state index in [1.807, 2.05) is 24.6 Å². The highest BCUT2D eigenvalue weighted by atomic mass is 35.5. The SMILES string of the molecule is CNC1CCN(C(=O)c2nc(-c3cccs3)n(-c3cccc(F)c3)n2)CC1.Cl. The van der Waals surface area contributed by atoms with Gasteiger partial charge in [-0.2, -0.15) is 0 Å². The number of nitrogens with zero attached hydrogens (tertiary/aromatic N) is 4. The number of hydrogen-bond acceptors (Lipinski definition) is 5. The maximum Gasteiger partial charge on any atom is 0.293 e. The summed E-state index contributed by atoms with van der Waals surface area (Å²) < 4.78 is 15.3. The lowest BCUT2D eigenvalue weighted by atomic mass is 10.1. The molecule has 1 amide bonds. The van der Waals surface area contributed by atoms with Crippen LogP contribution in [-0.2, 0) is 0 Å². The Kier molecular flexibility index (Phi) is 6.43. The zero-order valence-corrected chi connectivity index (χ0v) is 17.0. The molecule has 2 aromatic heterocycles. The first-order chi connectivity index (χ1) is 13.2. The summed E-state index contributed by atoms with van der Waals surface area (Å²) in [6.07, 6.45) is 1.81. The number of carbonyl (C=O) groups excluding carboxylic acids is 1. The van der Waals surface area contributed by atoms with Crippen LogP contribution in [0.4, 0.5) is 4.39 Å². The predicted molar refractivity (Wildman–Crippen MR) is 110 cm³/mol. The molecule has 0 unspecified atom stereocenters. The van der Waals surface area contributed by atoms with Crippen LogP contribution in [0.3, 0.4) is 0 Å². The molecule has 1 aliphatic heterocycles. The minimum atomic E-state index is -0.359. The molecular formula is C19H21ClFN5OS. The second kappa shape index (κ2) is 8.81. The molecule has 1 aromatic carbocycles. The van der Waals surface area contributed by atoms with Crippen molar-refractivity contribution in [2.45, 2.75) is 18.9 Å². The lowest BCUT2D eigenvalue weighted by Crippen LogP contribution is -2.44. The number of piperidine rings is 1. The number of aromatic nitrogens is 3. The molecule has 0 aliphatic carbocycles. The maximum atomic E-state index is 13.7. The molecule has 0 saturated carbocycles. The molecule has 0 spiro atoms. The Hall–Kier alpha value is -2.29. The maximum absolute atomic E-state index is 13.7. The van der Waals surface area contributed by atoms with Crippen molar-refractivity contribution in [3.63, 3.8) is 0 Å². The van der Waals surface area contributed by atoms with Gasteiger partial charge in [-0.3, -0.25) is 4.79 Å². The number of thiophene rings is 1. The fourth-order valence-electron chi connectivity index (χ4n) is 3.27. The van der Waals surface area contributed by atoms with Gasteiger partial charge < -0.3 is 10.2 Å². The third kappa shape index (κ3) is 4.09. The van der Waals surface area contributed by atoms with Crippen molar-refractivity contribution < 1.29 is 9.18 Å². The molecule has 0 radical (unpaired) electrons. The van der Waals surface area contributed by atoms with Crippen molar-refractivity contribution in [1.82, 2.24) is 25.0 Å². The topological polar surface area (TPSA) is 63.1 Å². The number of hydrogen-bond donors (Lipinski definition) is 1. The minimum absolute atomic E-state index is 0. The molecule has 28 heavy (non-hydrogen) atoms. The van der Waals surface area contributed by atoms with Crippen molar-refractivity contribution in [3.8, 4) is 16.4 Å². The fraction of sp³-hybridized carbons (Fsp3) is 0.316. The molecule has 1 N–H and O–H groups in total. The number of halogens is 2. The molecule has 9 heteroatoms. The number of benzene rings is 1. The van der Waals surface area contributed by atoms with E-state index in [1.165, 1.54) is 23.5 Å². The third-order valence-electron chi connectivity index (χ3n) is 4.78. The Labute approximate surface area is 172 Å². The van der Waals surface area contributed by atoms with Gasteiger partial charge in [-0.05, 0) is 49.5 Å². The normalized spacial score (nSPS) is 14.7. The zero-order chi connectivity index (χ0) is 18.8. The van der Waals surface area contributed by atoms with Crippen LogP contribution in [0, 0.1) is 5.82 Å². The van der Waals surface area contributed by atoms with E-state index in [2.05, 4.69) is 15.4 Å². The van der Waals surface area contributed by atoms with Crippen molar-refractivity contribution >= 4 is 29.7 Å². The molecule has 148 valence electrons. The minimum Gasteiger partial charge on any atom is -0.336 e. The van der Waals surface area contributed by atoms with Crippen LogP contribution in [0.15, 0.2) is 41.8 Å². The lowest BCUT2D eigenvalue weighted by molar-refractivity contribution is 0.0695. The Balaban J connectivity index is 0.00000225. The monoisotopic (exact) mass is 421 g/mol. The Morgan fingerprint density at radius 3 is 2.68 bits per heavy atom. The second-order valence-corrected chi connectivity index (χ2v) is 7.43. The first-order valence-corrected chi connectivity index (χ1v) is 9.77. The average molecular weight is 422 g/mol. The molecular weight excluding hydrogens is 401 g/mol. The van der Waals surface area contributed by atoms with E-state index in [0.717, 1.165) is 17.7 Å². The van der Waals surface area contributed by atoms with Gasteiger partial charge in [-0.1, -0.05) is 12.1 Å². The van der Waals surface area contributed by atoms with Crippen molar-refractivity contribution in [2.75, 3.05) is 20.1 Å². The van der Waals surface area contributed by atoms with E-state index >= 15 is 0 Å². The van der Waals surface area contributed by atoms with Gasteiger partial charge in [0, 0.05) is 19.1 Å². The first kappa shape index (κ1) is 20.4. The third-order valence-corrected chi connectivity index (χ3v) is 5.65. The summed E-state index contributed by atoms with van der Waals surface area (Å²) in [4.78, 5) is 20.1. The number of likely N-dealkylation sites (tertiary alicyclic amines) is 1. The van der Waals surface area contributed by atoms with Crippen molar-refractivity contribution in [3.05, 3.63) is 53.4 Å². The number of nitrogens with one attached hydrogen (secondary N) is 1. The van der Waals surface area contributed by atoms with E-state index in [1.54, 1.807) is 21.7 Å². The highest BCUT2D eigenvalue weighted by Crippen LogP contribution is 2.26. The van der Waals surface area contributed by atoms with Gasteiger partial charge in [0.25, 0.3) is 5.91 Å². The van der Waals surface area contributed by atoms with Gasteiger partial charge in [0.2, 0.25) is 5.82 Å². The fourth-order valence-corrected chi connectivity index (χ4v) is 3.97. The Bertz CT molecular complexity index is 938. The lowest BCUT2D eigenvalue weighted by Gasteiger charge is -2.30. The van der Waals surface area contributed by atoms with Crippen LogP contribution in [-0.4, -0.2) is 51.8 Å². The van der Waals surface area contributed by atoms with Crippen LogP contribution in [0.25, 0.3) is 16.4 Å². The zero-order valence-electron chi connectivity index (χ0n) is 15.3. The smallest absolute Gasteiger partial charge is 0.293 e. The van der Waals surface area contributed by atoms with E-state index in [9.17, 15) is 9.18 Å². The van der Waals surface area contributed by atoms with Gasteiger partial charge in [0.1, 0.15) is 5.82 Å². The van der Waals surface area contributed by atoms with Gasteiger partial charge in [-0.25, -0.2) is 14.1 Å². The highest BCUT2D eigenvalue weighted by Gasteiger charge is 2.27. The summed E-state index contributed by atoms with van der Waals surface area (Å²) in [5.41, 5.74) is 0.541. The van der Waals surface area contributed by atoms with Crippen LogP contribution in [0.2, 0.25) is 0 Å². The van der Waals surface area contributed by atoms with Crippen LogP contribution >= 0.6 is 23.7 Å². The average Bonchev–Trinajstić information content (AvgIpc) is 3.37. The number of amides is 1. The van der Waals surface area contributed by atoms with E-state index in [-0.39, 0.29) is 30.0 Å². The molecule has 3 heterocycles. The quantitative estimate of drug-likeness (QED) is 0.701. The van der Waals surface area contributed by atoms with Crippen molar-refractivity contribution in [1.29, 1.82) is 0 Å². The van der Waals surface area contributed by atoms with E-state index < -0.39 is 0 Å². The summed E-state index contributed by atoms with van der Waals surface area (Å²) in [5.74, 6) is 0.147. The largest absolute Gasteiger partial charge is 0.336 e. The Morgan fingerprint density at radius 1 is 1.25 bits per heavy atom. The number of rotatable bonds is 4. The predicted octanol–water partition coefficient (Wildman–Crippen LogP) is 3.38. The molecule has 3 aromatic rings. The van der Waals surface area contributed by atoms with Gasteiger partial charge in [0.15, 0.2) is 5.82 Å². The molecule has 1 fully saturated rings. The van der Waals surface area contributed by atoms with Crippen LogP contribution in [0.5, 0.6) is 0 Å². The second-order valence-electron chi connectivity index (χ2n) is 6.48. The molecule has 4 rings (SSSR count). The van der Waals surface area contributed by atoms with Gasteiger partial charge >= 0.3 is 0 Å². The summed E-state index contributed by atoms with van der Waals surface area (Å²) in [6, 6.07) is 10.4. The standard InChI is InChI=1S/C19H20FN5OS.ClH/c1-21-14-7-9-24(10-8-14)19(26)17-22-18(16-6-3-11-27-16)25(23-17)15-5-2-4-13(20)12-15;/h2-6,11-12,14,21H,7-10H2,1H3;1H. The molecule has 1 aliphatic rings. The van der Waals surface area contributed by atoms with Gasteiger partial charge in [0.05, 0.1) is 10.6 Å². The molecule has 0 atom stereocenters. The summed E-state index contributed by atoms with van der Waals surface area (Å²) in [6.45, 7) is 1.35. The first-order valence-electron chi connectivity index (χ1n) is 8.89. The van der Waals surface area contributed by atoms with E-state index in [0.29, 0.717) is 30.6 Å². The Morgan fingerprint density at radius 2 is 2.04 bits per heavy atom. The molecule has 6 nitrogen and oxygen atoms in total. The van der Waals surface area contributed by atoms with Crippen LogP contribution < -0.4 is 5.32 Å². The highest BCUT2D eigenvalue weighted by molar-refractivity contribution is 7.13. The summed E-state index contributed by atoms with van der Waals surface area (Å²) >= 11 is 1.50. The van der Waals surface area contributed by atoms with Gasteiger partial charge in [-0.15, -0.1) is 28.8 Å². The summed E-state index contributed by atoms with van der Waals surface area (Å²) in [7, 11) is 1.94. The number of carbonyl (C=O) groups is 1. The molecule has 1 saturated heterocycles. The van der Waals surface area contributed by atoms with E-state index in [4.69, 9.17) is 0 Å². The molecule has 0 bridgehead atoms. The summed E-state index contributed by atoms with van der Waals surface area (Å²) in [5, 5.41) is 9.62. The van der Waals surface area contributed by atoms with Crippen molar-refractivity contribution in [2.24, 2.45) is 0 Å². The van der Waals surface area contributed by atoms with Crippen LogP contribution in [0.1, 0.15) is 23.5 Å².